The molecule has 4 aromatic carbocycles. The Kier molecular flexibility index (Phi) is 13.0. The molecule has 1 aliphatic rings. The van der Waals surface area contributed by atoms with Crippen molar-refractivity contribution in [2.45, 2.75) is 34.6 Å². The van der Waals surface area contributed by atoms with Gasteiger partial charge in [0.2, 0.25) is 0 Å². The normalized spacial score (nSPS) is 15.3. The van der Waals surface area contributed by atoms with Gasteiger partial charge in [-0.1, -0.05) is 156 Å². The molecule has 1 saturated carbocycles. The zero-order valence-corrected chi connectivity index (χ0v) is 26.6. The van der Waals surface area contributed by atoms with E-state index < -0.39 is 0 Å². The van der Waals surface area contributed by atoms with Crippen LogP contribution in [-0.2, 0) is 17.1 Å². The molecule has 39 heavy (non-hydrogen) atoms. The molecule has 0 aliphatic heterocycles. The summed E-state index contributed by atoms with van der Waals surface area (Å²) in [6, 6.07) is 44.2. The van der Waals surface area contributed by atoms with Gasteiger partial charge in [0.25, 0.3) is 0 Å². The van der Waals surface area contributed by atoms with Crippen LogP contribution in [-0.4, -0.2) is 12.3 Å². The first-order valence-electron chi connectivity index (χ1n) is 13.4. The van der Waals surface area contributed by atoms with Crippen LogP contribution >= 0.6 is 15.8 Å². The molecular formula is C36H39FeP2. The van der Waals surface area contributed by atoms with E-state index in [-0.39, 0.29) is 32.9 Å². The Morgan fingerprint density at radius 1 is 0.333 bits per heavy atom. The van der Waals surface area contributed by atoms with E-state index in [9.17, 15) is 0 Å². The summed E-state index contributed by atoms with van der Waals surface area (Å²) in [7, 11) is -0.696. The van der Waals surface area contributed by atoms with Crippen LogP contribution in [0.2, 0.25) is 0 Å². The van der Waals surface area contributed by atoms with Gasteiger partial charge in [0, 0.05) is 17.1 Å². The first kappa shape index (κ1) is 31.8. The SMILES string of the molecule is C[C]1[C](C)[C](C)[C](C)[C]1C.[Fe].c1ccc(P(CCP(c2ccccc2)c2ccccc2)c2ccccc2)cc1. The van der Waals surface area contributed by atoms with Crippen LogP contribution in [0.4, 0.5) is 0 Å². The fourth-order valence-corrected chi connectivity index (χ4v) is 10.2. The van der Waals surface area contributed by atoms with E-state index >= 15 is 0 Å². The second-order valence-corrected chi connectivity index (χ2v) is 14.4. The van der Waals surface area contributed by atoms with E-state index in [1.165, 1.54) is 63.1 Å². The molecule has 0 bridgehead atoms. The zero-order valence-electron chi connectivity index (χ0n) is 23.7. The Hall–Kier alpha value is -1.74. The Morgan fingerprint density at radius 3 is 0.692 bits per heavy atom. The summed E-state index contributed by atoms with van der Waals surface area (Å²) >= 11 is 0. The summed E-state index contributed by atoms with van der Waals surface area (Å²) in [6.07, 6.45) is 2.41. The molecule has 0 atom stereocenters. The van der Waals surface area contributed by atoms with Gasteiger partial charge in [0.1, 0.15) is 0 Å². The average molecular weight is 590 g/mol. The Morgan fingerprint density at radius 2 is 0.513 bits per heavy atom. The monoisotopic (exact) mass is 589 g/mol. The molecule has 0 amide bonds. The molecule has 0 N–H and O–H groups in total. The van der Waals surface area contributed by atoms with Crippen LogP contribution in [0.5, 0.6) is 0 Å². The zero-order chi connectivity index (χ0) is 26.9. The molecule has 1 fully saturated rings. The smallest absolute Gasteiger partial charge is 0 e. The predicted octanol–water partition coefficient (Wildman–Crippen LogP) is 8.22. The van der Waals surface area contributed by atoms with E-state index in [2.05, 4.69) is 156 Å². The van der Waals surface area contributed by atoms with Crippen LogP contribution in [0.3, 0.4) is 0 Å². The number of rotatable bonds is 7. The van der Waals surface area contributed by atoms with Crippen molar-refractivity contribution in [1.82, 2.24) is 0 Å². The molecular weight excluding hydrogens is 550 g/mol. The fraction of sp³-hybridized carbons (Fsp3) is 0.194. The standard InChI is InChI=1S/C26H24P2.C10H15.Fe/c1-5-13-23(14-6-1)27(24-15-7-2-8-16-24)21-22-28(25-17-9-3-10-18-25)26-19-11-4-12-20-26;1-6-7(2)9(4)10(5)8(6)3;/h1-20H,21-22H2;1-5H3;. The molecule has 0 heterocycles. The van der Waals surface area contributed by atoms with Crippen LogP contribution in [0.1, 0.15) is 34.6 Å². The number of hydrogen-bond donors (Lipinski definition) is 0. The third kappa shape index (κ3) is 8.38. The minimum atomic E-state index is -0.348. The maximum atomic E-state index is 2.30. The molecule has 0 nitrogen and oxygen atoms in total. The third-order valence-corrected chi connectivity index (χ3v) is 13.0. The maximum Gasteiger partial charge on any atom is 0 e. The van der Waals surface area contributed by atoms with Crippen molar-refractivity contribution in [2.75, 3.05) is 12.3 Å². The van der Waals surface area contributed by atoms with Gasteiger partial charge in [-0.25, -0.2) is 0 Å². The first-order chi connectivity index (χ1) is 18.5. The van der Waals surface area contributed by atoms with Gasteiger partial charge in [-0.15, -0.1) is 0 Å². The topological polar surface area (TPSA) is 0 Å². The van der Waals surface area contributed by atoms with Crippen molar-refractivity contribution in [3.63, 3.8) is 0 Å². The van der Waals surface area contributed by atoms with Gasteiger partial charge in [-0.05, 0) is 79.0 Å². The molecule has 5 radical (unpaired) electrons. The van der Waals surface area contributed by atoms with E-state index in [1.807, 2.05) is 0 Å². The van der Waals surface area contributed by atoms with Gasteiger partial charge in [-0.2, -0.15) is 0 Å². The van der Waals surface area contributed by atoms with Crippen LogP contribution in [0, 0.1) is 29.6 Å². The van der Waals surface area contributed by atoms with E-state index in [0.29, 0.717) is 0 Å². The van der Waals surface area contributed by atoms with Crippen molar-refractivity contribution in [1.29, 1.82) is 0 Å². The average Bonchev–Trinajstić information content (AvgIpc) is 3.15. The second kappa shape index (κ2) is 15.9. The maximum absolute atomic E-state index is 2.30. The third-order valence-electron chi connectivity index (χ3n) is 7.63. The number of hydrogen-bond acceptors (Lipinski definition) is 0. The van der Waals surface area contributed by atoms with E-state index in [1.54, 1.807) is 0 Å². The summed E-state index contributed by atoms with van der Waals surface area (Å²) in [5.41, 5.74) is 0. The Labute approximate surface area is 251 Å². The van der Waals surface area contributed by atoms with Crippen molar-refractivity contribution in [3.05, 3.63) is 151 Å². The molecule has 201 valence electrons. The number of benzene rings is 4. The molecule has 5 rings (SSSR count). The quantitative estimate of drug-likeness (QED) is 0.151. The summed E-state index contributed by atoms with van der Waals surface area (Å²) < 4.78 is 0. The van der Waals surface area contributed by atoms with E-state index in [4.69, 9.17) is 0 Å². The molecule has 4 aromatic rings. The minimum absolute atomic E-state index is 0. The summed E-state index contributed by atoms with van der Waals surface area (Å²) in [6.45, 7) is 11.0. The fourth-order valence-electron chi connectivity index (χ4n) is 4.85. The van der Waals surface area contributed by atoms with Crippen molar-refractivity contribution < 1.29 is 17.1 Å². The van der Waals surface area contributed by atoms with Crippen molar-refractivity contribution >= 4 is 37.1 Å². The molecule has 0 aromatic heterocycles. The van der Waals surface area contributed by atoms with Crippen molar-refractivity contribution in [3.8, 4) is 0 Å². The van der Waals surface area contributed by atoms with Gasteiger partial charge in [-0.3, -0.25) is 0 Å². The largest absolute Gasteiger partial charge is 0.0622 e. The first-order valence-corrected chi connectivity index (χ1v) is 16.5. The van der Waals surface area contributed by atoms with Gasteiger partial charge in [0.05, 0.1) is 0 Å². The van der Waals surface area contributed by atoms with Crippen molar-refractivity contribution in [2.24, 2.45) is 0 Å². The van der Waals surface area contributed by atoms with Crippen LogP contribution in [0.15, 0.2) is 121 Å². The summed E-state index contributed by atoms with van der Waals surface area (Å²) in [4.78, 5) is 0. The molecule has 0 spiro atoms. The molecule has 0 saturated heterocycles. The van der Waals surface area contributed by atoms with Gasteiger partial charge < -0.3 is 0 Å². The van der Waals surface area contributed by atoms with Gasteiger partial charge in [0.15, 0.2) is 0 Å². The van der Waals surface area contributed by atoms with Crippen LogP contribution < -0.4 is 21.2 Å². The summed E-state index contributed by atoms with van der Waals surface area (Å²) in [5, 5.41) is 5.89. The Balaban J connectivity index is 0.000000324. The molecule has 3 heteroatoms. The Bertz CT molecular complexity index is 993. The van der Waals surface area contributed by atoms with Crippen LogP contribution in [0.25, 0.3) is 0 Å². The minimum Gasteiger partial charge on any atom is -0.0622 e. The second-order valence-electron chi connectivity index (χ2n) is 9.77. The molecule has 0 unspecified atom stereocenters. The van der Waals surface area contributed by atoms with Gasteiger partial charge >= 0.3 is 0 Å². The summed E-state index contributed by atoms with van der Waals surface area (Å²) in [5.74, 6) is 7.34. The molecule has 1 aliphatic carbocycles. The predicted molar refractivity (Wildman–Crippen MR) is 172 cm³/mol. The van der Waals surface area contributed by atoms with E-state index in [0.717, 1.165) is 0 Å².